The quantitative estimate of drug-likeness (QED) is 0.796. The van der Waals surface area contributed by atoms with Crippen LogP contribution in [0.4, 0.5) is 5.69 Å². The highest BCUT2D eigenvalue weighted by Crippen LogP contribution is 2.36. The molecule has 6 heteroatoms. The Bertz CT molecular complexity index is 797. The summed E-state index contributed by atoms with van der Waals surface area (Å²) in [6.45, 7) is 4.62. The first-order valence-electron chi connectivity index (χ1n) is 10.2. The van der Waals surface area contributed by atoms with Crippen LogP contribution in [-0.4, -0.2) is 55.4 Å². The summed E-state index contributed by atoms with van der Waals surface area (Å²) in [5.41, 5.74) is 2.06. The molecule has 27 heavy (non-hydrogen) atoms. The lowest BCUT2D eigenvalue weighted by Gasteiger charge is -2.47. The fourth-order valence-electron chi connectivity index (χ4n) is 5.08. The summed E-state index contributed by atoms with van der Waals surface area (Å²) in [5.74, 6) is 0.731. The van der Waals surface area contributed by atoms with Crippen LogP contribution >= 0.6 is 0 Å². The number of fused-ring (bicyclic) bond motifs is 1. The van der Waals surface area contributed by atoms with E-state index in [4.69, 9.17) is 0 Å². The van der Waals surface area contributed by atoms with Crippen LogP contribution in [0.2, 0.25) is 0 Å². The summed E-state index contributed by atoms with van der Waals surface area (Å²) in [6, 6.07) is 8.09. The summed E-state index contributed by atoms with van der Waals surface area (Å²) >= 11 is 0. The van der Waals surface area contributed by atoms with Crippen LogP contribution in [0.1, 0.15) is 57.4 Å². The summed E-state index contributed by atoms with van der Waals surface area (Å²) in [4.78, 5) is 17.1. The summed E-state index contributed by atoms with van der Waals surface area (Å²) in [5, 5.41) is 0. The number of amides is 1. The van der Waals surface area contributed by atoms with E-state index in [9.17, 15) is 13.2 Å². The van der Waals surface area contributed by atoms with Gasteiger partial charge in [0.1, 0.15) is 0 Å². The molecule has 1 aliphatic carbocycles. The summed E-state index contributed by atoms with van der Waals surface area (Å²) in [6.07, 6.45) is 5.78. The molecule has 0 N–H and O–H groups in total. The maximum absolute atomic E-state index is 13.1. The number of piperazine rings is 1. The van der Waals surface area contributed by atoms with Crippen molar-refractivity contribution in [1.29, 1.82) is 0 Å². The predicted molar refractivity (Wildman–Crippen MR) is 108 cm³/mol. The Morgan fingerprint density at radius 1 is 0.963 bits per heavy atom. The molecule has 0 spiro atoms. The molecule has 0 aromatic heterocycles. The molecular weight excluding hydrogens is 360 g/mol. The van der Waals surface area contributed by atoms with Crippen LogP contribution in [0.3, 0.4) is 0 Å². The number of carbonyl (C=O) groups excluding carboxylic acids is 1. The Morgan fingerprint density at radius 3 is 2.22 bits per heavy atom. The van der Waals surface area contributed by atoms with Gasteiger partial charge < -0.3 is 4.90 Å². The van der Waals surface area contributed by atoms with Crippen molar-refractivity contribution >= 4 is 21.4 Å². The Hall–Kier alpha value is -1.40. The molecule has 3 aliphatic rings. The highest BCUT2D eigenvalue weighted by Gasteiger charge is 2.51. The molecule has 2 saturated heterocycles. The number of anilines is 1. The first-order chi connectivity index (χ1) is 12.9. The zero-order valence-electron chi connectivity index (χ0n) is 16.3. The van der Waals surface area contributed by atoms with Gasteiger partial charge in [0.2, 0.25) is 5.91 Å². The molecule has 3 fully saturated rings. The Kier molecular flexibility index (Phi) is 5.06. The molecule has 148 valence electrons. The Morgan fingerprint density at radius 2 is 1.59 bits per heavy atom. The van der Waals surface area contributed by atoms with Crippen molar-refractivity contribution in [3.63, 3.8) is 0 Å². The van der Waals surface area contributed by atoms with Gasteiger partial charge in [-0.15, -0.1) is 0 Å². The van der Waals surface area contributed by atoms with Gasteiger partial charge in [0, 0.05) is 17.8 Å². The van der Waals surface area contributed by atoms with Gasteiger partial charge in [-0.1, -0.05) is 45.2 Å². The van der Waals surface area contributed by atoms with E-state index >= 15 is 0 Å². The lowest BCUT2D eigenvalue weighted by molar-refractivity contribution is -0.124. The zero-order chi connectivity index (χ0) is 19.2. The molecule has 0 radical (unpaired) electrons. The topological polar surface area (TPSA) is 57.7 Å². The maximum atomic E-state index is 13.1. The van der Waals surface area contributed by atoms with E-state index in [0.29, 0.717) is 18.5 Å². The van der Waals surface area contributed by atoms with Gasteiger partial charge in [-0.3, -0.25) is 9.69 Å². The van der Waals surface area contributed by atoms with Crippen molar-refractivity contribution in [2.75, 3.05) is 23.0 Å². The van der Waals surface area contributed by atoms with Crippen LogP contribution in [0.5, 0.6) is 0 Å². The van der Waals surface area contributed by atoms with Gasteiger partial charge in [-0.25, -0.2) is 8.42 Å². The zero-order valence-corrected chi connectivity index (χ0v) is 17.1. The van der Waals surface area contributed by atoms with E-state index < -0.39 is 9.84 Å². The maximum Gasteiger partial charge on any atom is 0.241 e. The number of sulfone groups is 1. The summed E-state index contributed by atoms with van der Waals surface area (Å²) in [7, 11) is -3.12. The van der Waals surface area contributed by atoms with E-state index in [-0.39, 0.29) is 29.5 Å². The molecule has 4 rings (SSSR count). The standard InChI is InChI=1S/C21H30N2O3S/c1-15(2)16-8-10-18(11-9-16)23-20-14-27(25,26)13-19(20)22(12-21(23)24)17-6-4-3-5-7-17/h8-11,15,17,19-20H,3-7,12-14H2,1-2H3/t19-,20+/m0/s1. The lowest BCUT2D eigenvalue weighted by Crippen LogP contribution is -2.64. The molecule has 5 nitrogen and oxygen atoms in total. The third kappa shape index (κ3) is 3.66. The molecule has 1 aromatic carbocycles. The van der Waals surface area contributed by atoms with Crippen molar-refractivity contribution in [2.24, 2.45) is 0 Å². The van der Waals surface area contributed by atoms with Crippen molar-refractivity contribution in [3.8, 4) is 0 Å². The number of carbonyl (C=O) groups is 1. The van der Waals surface area contributed by atoms with Gasteiger partial charge in [0.15, 0.2) is 9.84 Å². The number of nitrogens with zero attached hydrogens (tertiary/aromatic N) is 2. The molecule has 1 saturated carbocycles. The molecule has 2 aliphatic heterocycles. The fraction of sp³-hybridized carbons (Fsp3) is 0.667. The van der Waals surface area contributed by atoms with Gasteiger partial charge in [0.25, 0.3) is 0 Å². The Balaban J connectivity index is 1.65. The molecule has 2 atom stereocenters. The number of hydrogen-bond donors (Lipinski definition) is 0. The molecule has 2 heterocycles. The number of hydrogen-bond acceptors (Lipinski definition) is 4. The molecule has 0 bridgehead atoms. The molecular formula is C21H30N2O3S. The number of rotatable bonds is 3. The average Bonchev–Trinajstić information content (AvgIpc) is 2.96. The second kappa shape index (κ2) is 7.21. The van der Waals surface area contributed by atoms with Crippen LogP contribution in [-0.2, 0) is 14.6 Å². The van der Waals surface area contributed by atoms with Crippen LogP contribution in [0.15, 0.2) is 24.3 Å². The van der Waals surface area contributed by atoms with Crippen molar-refractivity contribution in [2.45, 2.75) is 70.0 Å². The van der Waals surface area contributed by atoms with Crippen LogP contribution < -0.4 is 4.90 Å². The Labute approximate surface area is 162 Å². The van der Waals surface area contributed by atoms with Crippen molar-refractivity contribution in [3.05, 3.63) is 29.8 Å². The SMILES string of the molecule is CC(C)c1ccc(N2C(=O)CN(C3CCCCC3)[C@H]3CS(=O)(=O)C[C@H]32)cc1. The largest absolute Gasteiger partial charge is 0.306 e. The van der Waals surface area contributed by atoms with E-state index in [1.54, 1.807) is 4.90 Å². The first kappa shape index (κ1) is 18.9. The van der Waals surface area contributed by atoms with Crippen molar-refractivity contribution < 1.29 is 13.2 Å². The van der Waals surface area contributed by atoms with Crippen LogP contribution in [0, 0.1) is 0 Å². The predicted octanol–water partition coefficient (Wildman–Crippen LogP) is 2.96. The minimum absolute atomic E-state index is 0.0382. The van der Waals surface area contributed by atoms with Crippen molar-refractivity contribution in [1.82, 2.24) is 4.90 Å². The van der Waals surface area contributed by atoms with Gasteiger partial charge in [-0.05, 0) is 36.5 Å². The average molecular weight is 391 g/mol. The fourth-order valence-corrected chi connectivity index (χ4v) is 7.04. The van der Waals surface area contributed by atoms with E-state index in [2.05, 4.69) is 30.9 Å². The van der Waals surface area contributed by atoms with E-state index in [1.165, 1.54) is 24.8 Å². The molecule has 1 amide bonds. The normalized spacial score (nSPS) is 29.3. The lowest BCUT2D eigenvalue weighted by atomic mass is 9.90. The van der Waals surface area contributed by atoms with Gasteiger partial charge in [0.05, 0.1) is 24.1 Å². The van der Waals surface area contributed by atoms with Gasteiger partial charge in [-0.2, -0.15) is 0 Å². The third-order valence-corrected chi connectivity index (χ3v) is 8.22. The monoisotopic (exact) mass is 390 g/mol. The van der Waals surface area contributed by atoms with Gasteiger partial charge >= 0.3 is 0 Å². The summed E-state index contributed by atoms with van der Waals surface area (Å²) < 4.78 is 25.0. The smallest absolute Gasteiger partial charge is 0.241 e. The molecule has 0 unspecified atom stereocenters. The minimum Gasteiger partial charge on any atom is -0.306 e. The first-order valence-corrected chi connectivity index (χ1v) is 12.1. The second-order valence-electron chi connectivity index (χ2n) is 8.69. The minimum atomic E-state index is -3.12. The highest BCUT2D eigenvalue weighted by atomic mass is 32.2. The highest BCUT2D eigenvalue weighted by molar-refractivity contribution is 7.91. The van der Waals surface area contributed by atoms with Crippen LogP contribution in [0.25, 0.3) is 0 Å². The number of benzene rings is 1. The third-order valence-electron chi connectivity index (χ3n) is 6.52. The molecule has 1 aromatic rings. The van der Waals surface area contributed by atoms with E-state index in [1.807, 2.05) is 12.1 Å². The van der Waals surface area contributed by atoms with E-state index in [0.717, 1.165) is 18.5 Å². The second-order valence-corrected chi connectivity index (χ2v) is 10.8.